The standard InChI is InChI=1S/C25H22N2O2/c1-18-23(17-22(25(28)29)19-11-5-2-6-12-19)26-27(21-15-9-4-10-16-21)24(18)20-13-7-3-8-14-20/h2-16,22H,17H2,1H3,(H,28,29). The number of carboxylic acid groups (broad SMARTS) is 1. The minimum absolute atomic E-state index is 0.338. The summed E-state index contributed by atoms with van der Waals surface area (Å²) in [5.41, 5.74) is 5.58. The number of carboxylic acids is 1. The Morgan fingerprint density at radius 1 is 0.897 bits per heavy atom. The van der Waals surface area contributed by atoms with Crippen molar-refractivity contribution in [3.63, 3.8) is 0 Å². The van der Waals surface area contributed by atoms with E-state index in [0.29, 0.717) is 6.42 Å². The average molecular weight is 382 g/mol. The molecule has 0 saturated carbocycles. The lowest BCUT2D eigenvalue weighted by Crippen LogP contribution is -2.15. The number of hydrogen-bond donors (Lipinski definition) is 1. The van der Waals surface area contributed by atoms with Crippen LogP contribution in [0, 0.1) is 6.92 Å². The van der Waals surface area contributed by atoms with Crippen LogP contribution in [0.1, 0.15) is 22.7 Å². The Bertz CT molecular complexity index is 1100. The van der Waals surface area contributed by atoms with E-state index in [1.165, 1.54) is 0 Å². The average Bonchev–Trinajstić information content (AvgIpc) is 3.09. The molecule has 0 aliphatic heterocycles. The van der Waals surface area contributed by atoms with E-state index in [4.69, 9.17) is 5.10 Å². The molecule has 1 heterocycles. The number of benzene rings is 3. The molecular formula is C25H22N2O2. The van der Waals surface area contributed by atoms with Crippen LogP contribution < -0.4 is 0 Å². The van der Waals surface area contributed by atoms with Gasteiger partial charge >= 0.3 is 5.97 Å². The van der Waals surface area contributed by atoms with E-state index in [-0.39, 0.29) is 0 Å². The smallest absolute Gasteiger partial charge is 0.311 e. The molecule has 1 unspecified atom stereocenters. The summed E-state index contributed by atoms with van der Waals surface area (Å²) in [4.78, 5) is 12.0. The third kappa shape index (κ3) is 3.83. The van der Waals surface area contributed by atoms with Crippen molar-refractivity contribution in [3.8, 4) is 16.9 Å². The molecule has 4 rings (SSSR count). The fourth-order valence-electron chi connectivity index (χ4n) is 3.65. The van der Waals surface area contributed by atoms with E-state index in [1.807, 2.05) is 90.5 Å². The molecule has 4 heteroatoms. The second-order valence-corrected chi connectivity index (χ2v) is 7.04. The summed E-state index contributed by atoms with van der Waals surface area (Å²) in [6.45, 7) is 2.02. The van der Waals surface area contributed by atoms with Gasteiger partial charge in [0.15, 0.2) is 0 Å². The molecule has 0 fully saturated rings. The molecule has 4 nitrogen and oxygen atoms in total. The maximum absolute atomic E-state index is 12.0. The van der Waals surface area contributed by atoms with Crippen LogP contribution in [0.4, 0.5) is 0 Å². The molecule has 1 atom stereocenters. The van der Waals surface area contributed by atoms with Crippen LogP contribution in [-0.4, -0.2) is 20.9 Å². The lowest BCUT2D eigenvalue weighted by Gasteiger charge is -2.11. The molecule has 0 spiro atoms. The van der Waals surface area contributed by atoms with Gasteiger partial charge in [-0.1, -0.05) is 78.9 Å². The summed E-state index contributed by atoms with van der Waals surface area (Å²) in [6, 6.07) is 29.4. The molecule has 29 heavy (non-hydrogen) atoms. The van der Waals surface area contributed by atoms with Gasteiger partial charge in [-0.2, -0.15) is 5.10 Å². The van der Waals surface area contributed by atoms with Crippen molar-refractivity contribution in [2.24, 2.45) is 0 Å². The monoisotopic (exact) mass is 382 g/mol. The highest BCUT2D eigenvalue weighted by molar-refractivity contribution is 5.77. The number of hydrogen-bond acceptors (Lipinski definition) is 2. The van der Waals surface area contributed by atoms with Crippen molar-refractivity contribution in [2.75, 3.05) is 0 Å². The zero-order valence-electron chi connectivity index (χ0n) is 16.2. The molecule has 0 bridgehead atoms. The van der Waals surface area contributed by atoms with Gasteiger partial charge < -0.3 is 5.11 Å². The highest BCUT2D eigenvalue weighted by atomic mass is 16.4. The van der Waals surface area contributed by atoms with E-state index < -0.39 is 11.9 Å². The quantitative estimate of drug-likeness (QED) is 0.495. The number of nitrogens with zero attached hydrogens (tertiary/aromatic N) is 2. The Labute approximate surface area is 170 Å². The lowest BCUT2D eigenvalue weighted by atomic mass is 9.92. The second-order valence-electron chi connectivity index (χ2n) is 7.04. The number of rotatable bonds is 6. The SMILES string of the molecule is Cc1c(CC(C(=O)O)c2ccccc2)nn(-c2ccccc2)c1-c1ccccc1. The summed E-state index contributed by atoms with van der Waals surface area (Å²) in [7, 11) is 0. The van der Waals surface area contributed by atoms with Gasteiger partial charge in [0.25, 0.3) is 0 Å². The van der Waals surface area contributed by atoms with Gasteiger partial charge in [-0.05, 0) is 30.2 Å². The predicted molar refractivity (Wildman–Crippen MR) is 114 cm³/mol. The summed E-state index contributed by atoms with van der Waals surface area (Å²) >= 11 is 0. The van der Waals surface area contributed by atoms with Gasteiger partial charge in [-0.3, -0.25) is 4.79 Å². The number of aliphatic carboxylic acids is 1. The minimum atomic E-state index is -0.842. The molecule has 0 aliphatic rings. The van der Waals surface area contributed by atoms with Crippen LogP contribution >= 0.6 is 0 Å². The first-order chi connectivity index (χ1) is 14.1. The Hall–Kier alpha value is -3.66. The maximum Gasteiger partial charge on any atom is 0.311 e. The fourth-order valence-corrected chi connectivity index (χ4v) is 3.65. The third-order valence-electron chi connectivity index (χ3n) is 5.17. The van der Waals surface area contributed by atoms with E-state index >= 15 is 0 Å². The molecule has 144 valence electrons. The van der Waals surface area contributed by atoms with Gasteiger partial charge in [-0.25, -0.2) is 4.68 Å². The normalized spacial score (nSPS) is 11.9. The molecule has 0 amide bonds. The molecule has 0 aliphatic carbocycles. The molecule has 0 saturated heterocycles. The molecule has 0 radical (unpaired) electrons. The number of carbonyl (C=O) groups is 1. The van der Waals surface area contributed by atoms with Crippen LogP contribution in [-0.2, 0) is 11.2 Å². The van der Waals surface area contributed by atoms with Gasteiger partial charge in [-0.15, -0.1) is 0 Å². The Morgan fingerprint density at radius 3 is 2.03 bits per heavy atom. The Morgan fingerprint density at radius 2 is 1.45 bits per heavy atom. The summed E-state index contributed by atoms with van der Waals surface area (Å²) in [6.07, 6.45) is 0.338. The Balaban J connectivity index is 1.83. The zero-order valence-corrected chi connectivity index (χ0v) is 16.2. The van der Waals surface area contributed by atoms with Crippen molar-refractivity contribution in [1.82, 2.24) is 9.78 Å². The van der Waals surface area contributed by atoms with E-state index in [0.717, 1.165) is 33.8 Å². The molecule has 3 aromatic carbocycles. The topological polar surface area (TPSA) is 55.1 Å². The van der Waals surface area contributed by atoms with Crippen LogP contribution in [0.15, 0.2) is 91.0 Å². The summed E-state index contributed by atoms with van der Waals surface area (Å²) in [5, 5.41) is 14.7. The number of para-hydroxylation sites is 1. The van der Waals surface area contributed by atoms with Crippen LogP contribution in [0.2, 0.25) is 0 Å². The van der Waals surface area contributed by atoms with Crippen molar-refractivity contribution >= 4 is 5.97 Å². The molecule has 1 N–H and O–H groups in total. The van der Waals surface area contributed by atoms with E-state index in [9.17, 15) is 9.90 Å². The van der Waals surface area contributed by atoms with Gasteiger partial charge in [0.1, 0.15) is 0 Å². The lowest BCUT2D eigenvalue weighted by molar-refractivity contribution is -0.138. The van der Waals surface area contributed by atoms with Crippen molar-refractivity contribution in [3.05, 3.63) is 108 Å². The third-order valence-corrected chi connectivity index (χ3v) is 5.17. The van der Waals surface area contributed by atoms with Crippen LogP contribution in [0.3, 0.4) is 0 Å². The molecule has 4 aromatic rings. The van der Waals surface area contributed by atoms with Crippen molar-refractivity contribution < 1.29 is 9.90 Å². The zero-order chi connectivity index (χ0) is 20.2. The predicted octanol–water partition coefficient (Wildman–Crippen LogP) is 5.26. The maximum atomic E-state index is 12.0. The molecule has 1 aromatic heterocycles. The molecular weight excluding hydrogens is 360 g/mol. The first kappa shape index (κ1) is 18.7. The summed E-state index contributed by atoms with van der Waals surface area (Å²) < 4.78 is 1.92. The second kappa shape index (κ2) is 8.15. The van der Waals surface area contributed by atoms with Gasteiger partial charge in [0, 0.05) is 12.0 Å². The van der Waals surface area contributed by atoms with Crippen LogP contribution in [0.25, 0.3) is 16.9 Å². The van der Waals surface area contributed by atoms with Crippen molar-refractivity contribution in [1.29, 1.82) is 0 Å². The highest BCUT2D eigenvalue weighted by Gasteiger charge is 2.25. The van der Waals surface area contributed by atoms with Crippen LogP contribution in [0.5, 0.6) is 0 Å². The minimum Gasteiger partial charge on any atom is -0.481 e. The van der Waals surface area contributed by atoms with Gasteiger partial charge in [0.05, 0.1) is 23.0 Å². The van der Waals surface area contributed by atoms with E-state index in [1.54, 1.807) is 0 Å². The fraction of sp³-hybridized carbons (Fsp3) is 0.120. The Kier molecular flexibility index (Phi) is 5.25. The van der Waals surface area contributed by atoms with E-state index in [2.05, 4.69) is 12.1 Å². The number of aromatic nitrogens is 2. The van der Waals surface area contributed by atoms with Gasteiger partial charge in [0.2, 0.25) is 0 Å². The summed E-state index contributed by atoms with van der Waals surface area (Å²) in [5.74, 6) is -1.48. The first-order valence-electron chi connectivity index (χ1n) is 9.62. The van der Waals surface area contributed by atoms with Crippen molar-refractivity contribution in [2.45, 2.75) is 19.3 Å². The largest absolute Gasteiger partial charge is 0.481 e. The first-order valence-corrected chi connectivity index (χ1v) is 9.62. The highest BCUT2D eigenvalue weighted by Crippen LogP contribution is 2.31.